The van der Waals surface area contributed by atoms with Gasteiger partial charge in [-0.2, -0.15) is 5.26 Å². The third kappa shape index (κ3) is 3.82. The molecule has 0 unspecified atom stereocenters. The highest BCUT2D eigenvalue weighted by Gasteiger charge is 2.30. The highest BCUT2D eigenvalue weighted by atomic mass is 19.1. The van der Waals surface area contributed by atoms with Gasteiger partial charge in [0.2, 0.25) is 5.88 Å². The number of hydrogen-bond donors (Lipinski definition) is 0. The van der Waals surface area contributed by atoms with Crippen molar-refractivity contribution >= 4 is 11.8 Å². The van der Waals surface area contributed by atoms with E-state index < -0.39 is 5.82 Å². The zero-order valence-corrected chi connectivity index (χ0v) is 17.0. The minimum atomic E-state index is -0.560. The van der Waals surface area contributed by atoms with Gasteiger partial charge in [0, 0.05) is 38.6 Å². The van der Waals surface area contributed by atoms with Gasteiger partial charge in [0.15, 0.2) is 0 Å². The second-order valence-corrected chi connectivity index (χ2v) is 7.33. The van der Waals surface area contributed by atoms with Crippen LogP contribution in [-0.2, 0) is 0 Å². The largest absolute Gasteiger partial charge is 0.443 e. The first-order chi connectivity index (χ1) is 15.0. The Morgan fingerprint density at radius 1 is 1.00 bits per heavy atom. The van der Waals surface area contributed by atoms with Gasteiger partial charge in [0.1, 0.15) is 28.8 Å². The molecule has 8 heteroatoms. The summed E-state index contributed by atoms with van der Waals surface area (Å²) in [5.41, 5.74) is 0.443. The van der Waals surface area contributed by atoms with E-state index in [1.807, 2.05) is 0 Å². The van der Waals surface area contributed by atoms with E-state index >= 15 is 0 Å². The second-order valence-electron chi connectivity index (χ2n) is 7.33. The van der Waals surface area contributed by atoms with Crippen molar-refractivity contribution in [3.63, 3.8) is 0 Å². The van der Waals surface area contributed by atoms with Gasteiger partial charge in [-0.3, -0.25) is 14.2 Å². The minimum absolute atomic E-state index is 0.0242. The van der Waals surface area contributed by atoms with E-state index in [9.17, 15) is 19.2 Å². The van der Waals surface area contributed by atoms with Gasteiger partial charge in [-0.25, -0.2) is 4.39 Å². The van der Waals surface area contributed by atoms with E-state index in [4.69, 9.17) is 4.42 Å². The quantitative estimate of drug-likeness (QED) is 0.650. The lowest BCUT2D eigenvalue weighted by Gasteiger charge is -2.22. The highest BCUT2D eigenvalue weighted by molar-refractivity contribution is 5.99. The summed E-state index contributed by atoms with van der Waals surface area (Å²) in [5, 5.41) is 9.70. The number of benzene rings is 1. The molecular formula is C23H21FN4O3. The molecule has 0 spiro atoms. The third-order valence-corrected chi connectivity index (χ3v) is 5.40. The van der Waals surface area contributed by atoms with Crippen molar-refractivity contribution in [1.82, 2.24) is 14.4 Å². The number of halogens is 1. The van der Waals surface area contributed by atoms with Crippen LogP contribution < -0.4 is 0 Å². The Balaban J connectivity index is 1.54. The molecule has 0 saturated carbocycles. The number of furan rings is 1. The Bertz CT molecular complexity index is 1160. The van der Waals surface area contributed by atoms with Crippen LogP contribution >= 0.6 is 0 Å². The lowest BCUT2D eigenvalue weighted by Crippen LogP contribution is -2.38. The van der Waals surface area contributed by atoms with Crippen LogP contribution in [0.2, 0.25) is 0 Å². The average Bonchev–Trinajstić information content (AvgIpc) is 3.33. The van der Waals surface area contributed by atoms with Gasteiger partial charge >= 0.3 is 0 Å². The van der Waals surface area contributed by atoms with Crippen molar-refractivity contribution in [2.45, 2.75) is 13.3 Å². The van der Waals surface area contributed by atoms with Crippen LogP contribution in [-0.4, -0.2) is 52.4 Å². The van der Waals surface area contributed by atoms with Crippen LogP contribution in [0.4, 0.5) is 4.39 Å². The summed E-state index contributed by atoms with van der Waals surface area (Å²) in [4.78, 5) is 29.2. The van der Waals surface area contributed by atoms with Crippen LogP contribution in [0.3, 0.4) is 0 Å². The van der Waals surface area contributed by atoms with Crippen molar-refractivity contribution < 1.29 is 18.4 Å². The monoisotopic (exact) mass is 420 g/mol. The Hall–Kier alpha value is -3.86. The van der Waals surface area contributed by atoms with Gasteiger partial charge in [0.05, 0.1) is 5.56 Å². The number of rotatable bonds is 3. The maximum atomic E-state index is 14.0. The molecule has 0 aliphatic carbocycles. The molecule has 4 rings (SSSR count). The van der Waals surface area contributed by atoms with Gasteiger partial charge in [-0.05, 0) is 37.6 Å². The first kappa shape index (κ1) is 20.4. The molecule has 0 radical (unpaired) electrons. The normalized spacial score (nSPS) is 14.2. The molecule has 1 aliphatic rings. The van der Waals surface area contributed by atoms with Crippen molar-refractivity contribution in [2.24, 2.45) is 0 Å². The Kier molecular flexibility index (Phi) is 5.58. The van der Waals surface area contributed by atoms with E-state index in [0.29, 0.717) is 31.2 Å². The molecule has 1 fully saturated rings. The van der Waals surface area contributed by atoms with Crippen molar-refractivity contribution in [3.05, 3.63) is 77.1 Å². The van der Waals surface area contributed by atoms with Gasteiger partial charge in [-0.15, -0.1) is 0 Å². The molecule has 1 saturated heterocycles. The SMILES string of the molecule is Cc1oc(-n2cccc2)c(C#N)c1C(=O)N1CCCN(C(=O)c2ccccc2F)CC1. The number of amides is 2. The molecule has 3 aromatic rings. The first-order valence-corrected chi connectivity index (χ1v) is 10.0. The molecule has 1 aliphatic heterocycles. The zero-order chi connectivity index (χ0) is 22.0. The second kappa shape index (κ2) is 8.48. The zero-order valence-electron chi connectivity index (χ0n) is 17.0. The maximum Gasteiger partial charge on any atom is 0.258 e. The van der Waals surface area contributed by atoms with Crippen molar-refractivity contribution in [2.75, 3.05) is 26.2 Å². The number of aromatic nitrogens is 1. The van der Waals surface area contributed by atoms with Crippen LogP contribution in [0.15, 0.2) is 53.2 Å². The summed E-state index contributed by atoms with van der Waals surface area (Å²) in [7, 11) is 0. The van der Waals surface area contributed by atoms with Crippen LogP contribution in [0.1, 0.15) is 38.5 Å². The molecule has 2 amide bonds. The summed E-state index contributed by atoms with van der Waals surface area (Å²) in [6.07, 6.45) is 4.03. The number of carbonyl (C=O) groups excluding carboxylic acids is 2. The lowest BCUT2D eigenvalue weighted by molar-refractivity contribution is 0.0715. The Labute approximate surface area is 178 Å². The fourth-order valence-corrected chi connectivity index (χ4v) is 3.83. The summed E-state index contributed by atoms with van der Waals surface area (Å²) in [5.74, 6) is -0.584. The van der Waals surface area contributed by atoms with E-state index in [1.54, 1.807) is 51.9 Å². The number of nitriles is 1. The topological polar surface area (TPSA) is 82.5 Å². The fourth-order valence-electron chi connectivity index (χ4n) is 3.83. The molecular weight excluding hydrogens is 399 g/mol. The predicted octanol–water partition coefficient (Wildman–Crippen LogP) is 3.38. The van der Waals surface area contributed by atoms with E-state index in [1.165, 1.54) is 18.2 Å². The Morgan fingerprint density at radius 2 is 1.65 bits per heavy atom. The summed E-state index contributed by atoms with van der Waals surface area (Å²) in [6.45, 7) is 3.07. The number of nitrogens with zero attached hydrogens (tertiary/aromatic N) is 4. The maximum absolute atomic E-state index is 14.0. The van der Waals surface area contributed by atoms with Crippen LogP contribution in [0.5, 0.6) is 0 Å². The first-order valence-electron chi connectivity index (χ1n) is 10.0. The molecule has 0 bridgehead atoms. The molecule has 0 atom stereocenters. The average molecular weight is 420 g/mol. The Morgan fingerprint density at radius 3 is 2.29 bits per heavy atom. The standard InChI is InChI=1S/C23H21FN4O3/c1-16-20(18(15-25)23(31-16)28-9-4-5-10-28)22(30)27-12-6-11-26(13-14-27)21(29)17-7-2-3-8-19(17)24/h2-5,7-10H,6,11-14H2,1H3. The molecule has 3 heterocycles. The predicted molar refractivity (Wildman–Crippen MR) is 110 cm³/mol. The van der Waals surface area contributed by atoms with E-state index in [-0.39, 0.29) is 41.6 Å². The molecule has 158 valence electrons. The van der Waals surface area contributed by atoms with Gasteiger partial charge in [-0.1, -0.05) is 12.1 Å². The highest BCUT2D eigenvalue weighted by Crippen LogP contribution is 2.27. The molecule has 1 aromatic carbocycles. The number of aryl methyl sites for hydroxylation is 1. The molecule has 0 N–H and O–H groups in total. The van der Waals surface area contributed by atoms with E-state index in [0.717, 1.165) is 0 Å². The molecule has 31 heavy (non-hydrogen) atoms. The van der Waals surface area contributed by atoms with Crippen LogP contribution in [0, 0.1) is 24.1 Å². The molecule has 7 nitrogen and oxygen atoms in total. The number of hydrogen-bond acceptors (Lipinski definition) is 4. The lowest BCUT2D eigenvalue weighted by atomic mass is 10.1. The third-order valence-electron chi connectivity index (χ3n) is 5.40. The fraction of sp³-hybridized carbons (Fsp3) is 0.261. The summed E-state index contributed by atoms with van der Waals surface area (Å²) in [6, 6.07) is 11.6. The molecule has 2 aromatic heterocycles. The smallest absolute Gasteiger partial charge is 0.258 e. The summed E-state index contributed by atoms with van der Waals surface area (Å²) < 4.78 is 21.4. The van der Waals surface area contributed by atoms with Crippen molar-refractivity contribution in [3.8, 4) is 12.0 Å². The van der Waals surface area contributed by atoms with Gasteiger partial charge < -0.3 is 14.2 Å². The van der Waals surface area contributed by atoms with Crippen LogP contribution in [0.25, 0.3) is 5.88 Å². The van der Waals surface area contributed by atoms with E-state index in [2.05, 4.69) is 6.07 Å². The van der Waals surface area contributed by atoms with Crippen molar-refractivity contribution in [1.29, 1.82) is 5.26 Å². The van der Waals surface area contributed by atoms with Gasteiger partial charge in [0.25, 0.3) is 11.8 Å². The number of carbonyl (C=O) groups is 2. The minimum Gasteiger partial charge on any atom is -0.443 e. The summed E-state index contributed by atoms with van der Waals surface area (Å²) >= 11 is 0.